The molecule has 5 nitrogen and oxygen atoms in total. The Balaban J connectivity index is 4.93. The summed E-state index contributed by atoms with van der Waals surface area (Å²) in [6.07, 6.45) is 0.721. The first-order valence-corrected chi connectivity index (χ1v) is 6.68. The summed E-state index contributed by atoms with van der Waals surface area (Å²) in [6, 6.07) is 0. The molecular formula is C14H27NO4. The van der Waals surface area contributed by atoms with Gasteiger partial charge in [0.15, 0.2) is 0 Å². The molecule has 0 aliphatic carbocycles. The van der Waals surface area contributed by atoms with Gasteiger partial charge in [-0.15, -0.1) is 0 Å². The Hall–Kier alpha value is -1.10. The van der Waals surface area contributed by atoms with Gasteiger partial charge in [0.1, 0.15) is 0 Å². The zero-order valence-corrected chi connectivity index (χ0v) is 12.8. The molecule has 0 aromatic heterocycles. The van der Waals surface area contributed by atoms with Gasteiger partial charge in [0, 0.05) is 6.42 Å². The smallest absolute Gasteiger partial charge is 0.310 e. The van der Waals surface area contributed by atoms with Gasteiger partial charge in [-0.25, -0.2) is 0 Å². The van der Waals surface area contributed by atoms with Crippen molar-refractivity contribution in [3.05, 3.63) is 0 Å². The monoisotopic (exact) mass is 273 g/mol. The van der Waals surface area contributed by atoms with E-state index >= 15 is 0 Å². The first-order chi connectivity index (χ1) is 8.42. The number of hydrogen-bond donors (Lipinski definition) is 3. The van der Waals surface area contributed by atoms with Gasteiger partial charge >= 0.3 is 5.97 Å². The molecule has 3 N–H and O–H groups in total. The summed E-state index contributed by atoms with van der Waals surface area (Å²) < 4.78 is 0. The Bertz CT molecular complexity index is 338. The predicted molar refractivity (Wildman–Crippen MR) is 73.8 cm³/mol. The summed E-state index contributed by atoms with van der Waals surface area (Å²) in [7, 11) is 0. The van der Waals surface area contributed by atoms with Crippen molar-refractivity contribution in [2.75, 3.05) is 0 Å². The highest BCUT2D eigenvalue weighted by Crippen LogP contribution is 2.31. The first-order valence-electron chi connectivity index (χ1n) is 6.68. The van der Waals surface area contributed by atoms with Gasteiger partial charge in [-0.3, -0.25) is 9.59 Å². The van der Waals surface area contributed by atoms with Gasteiger partial charge in [-0.1, -0.05) is 13.8 Å². The number of carboxylic acid groups (broad SMARTS) is 1. The zero-order valence-electron chi connectivity index (χ0n) is 12.8. The van der Waals surface area contributed by atoms with E-state index < -0.39 is 22.5 Å². The molecule has 0 aromatic rings. The van der Waals surface area contributed by atoms with Crippen molar-refractivity contribution < 1.29 is 19.8 Å². The van der Waals surface area contributed by atoms with E-state index in [1.165, 1.54) is 0 Å². The lowest BCUT2D eigenvalue weighted by atomic mass is 9.78. The highest BCUT2D eigenvalue weighted by atomic mass is 16.4. The second-order valence-electron chi connectivity index (χ2n) is 6.20. The molecule has 0 aliphatic heterocycles. The molecule has 0 atom stereocenters. The Kier molecular flexibility index (Phi) is 5.56. The fraction of sp³-hybridized carbons (Fsp3) is 0.857. The highest BCUT2D eigenvalue weighted by molar-refractivity contribution is 5.85. The molecule has 0 aliphatic rings. The van der Waals surface area contributed by atoms with E-state index in [0.29, 0.717) is 12.8 Å². The molecule has 0 bridgehead atoms. The van der Waals surface area contributed by atoms with Crippen molar-refractivity contribution in [3.63, 3.8) is 0 Å². The van der Waals surface area contributed by atoms with Crippen molar-refractivity contribution in [1.29, 1.82) is 0 Å². The minimum atomic E-state index is -1.09. The number of nitrogens with one attached hydrogen (secondary N) is 1. The van der Waals surface area contributed by atoms with Crippen molar-refractivity contribution in [2.24, 2.45) is 5.41 Å². The summed E-state index contributed by atoms with van der Waals surface area (Å²) in [5.41, 5.74) is -2.94. The van der Waals surface area contributed by atoms with Crippen molar-refractivity contribution in [2.45, 2.75) is 71.9 Å². The third-order valence-electron chi connectivity index (χ3n) is 4.29. The highest BCUT2D eigenvalue weighted by Gasteiger charge is 2.41. The average Bonchev–Trinajstić information content (AvgIpc) is 2.23. The van der Waals surface area contributed by atoms with Crippen LogP contribution in [0.25, 0.3) is 0 Å². The fourth-order valence-electron chi connectivity index (χ4n) is 1.73. The maximum Gasteiger partial charge on any atom is 0.310 e. The number of amides is 1. The summed E-state index contributed by atoms with van der Waals surface area (Å²) in [4.78, 5) is 23.4. The molecule has 0 saturated heterocycles. The molecule has 0 aromatic carbocycles. The Morgan fingerprint density at radius 3 is 1.74 bits per heavy atom. The van der Waals surface area contributed by atoms with Crippen LogP contribution in [0.3, 0.4) is 0 Å². The van der Waals surface area contributed by atoms with Crippen LogP contribution in [0.4, 0.5) is 0 Å². The minimum absolute atomic E-state index is 0.0746. The van der Waals surface area contributed by atoms with Crippen molar-refractivity contribution >= 4 is 11.9 Å². The van der Waals surface area contributed by atoms with Crippen LogP contribution >= 0.6 is 0 Å². The van der Waals surface area contributed by atoms with Crippen LogP contribution in [-0.2, 0) is 9.59 Å². The molecule has 0 fully saturated rings. The van der Waals surface area contributed by atoms with Crippen LogP contribution in [0.15, 0.2) is 0 Å². The van der Waals surface area contributed by atoms with E-state index in [1.54, 1.807) is 41.5 Å². The summed E-state index contributed by atoms with van der Waals surface area (Å²) in [6.45, 7) is 10.2. The Labute approximate surface area is 115 Å². The molecule has 0 saturated carbocycles. The van der Waals surface area contributed by atoms with E-state index in [0.717, 1.165) is 0 Å². The SMILES string of the molecule is CCC(CC)(CC(=O)NC(C)(C)C(C)(C)O)C(=O)O. The van der Waals surface area contributed by atoms with E-state index in [2.05, 4.69) is 5.32 Å². The molecular weight excluding hydrogens is 246 g/mol. The Morgan fingerprint density at radius 1 is 1.05 bits per heavy atom. The lowest BCUT2D eigenvalue weighted by molar-refractivity contribution is -0.153. The van der Waals surface area contributed by atoms with Gasteiger partial charge in [-0.05, 0) is 40.5 Å². The third kappa shape index (κ3) is 4.20. The maximum absolute atomic E-state index is 12.1. The molecule has 112 valence electrons. The fourth-order valence-corrected chi connectivity index (χ4v) is 1.73. The molecule has 0 rings (SSSR count). The predicted octanol–water partition coefficient (Wildman–Crippen LogP) is 1.93. The van der Waals surface area contributed by atoms with Crippen LogP contribution in [-0.4, -0.2) is 33.2 Å². The van der Waals surface area contributed by atoms with Gasteiger partial charge in [0.25, 0.3) is 0 Å². The number of aliphatic hydroxyl groups is 1. The second-order valence-corrected chi connectivity index (χ2v) is 6.20. The van der Waals surface area contributed by atoms with Gasteiger partial charge in [0.2, 0.25) is 5.91 Å². The molecule has 0 unspecified atom stereocenters. The topological polar surface area (TPSA) is 86.6 Å². The van der Waals surface area contributed by atoms with Crippen LogP contribution in [0.2, 0.25) is 0 Å². The third-order valence-corrected chi connectivity index (χ3v) is 4.29. The standard InChI is InChI=1S/C14H27NO4/c1-7-14(8-2,11(17)18)9-10(16)15-12(3,4)13(5,6)19/h19H,7-9H2,1-6H3,(H,15,16)(H,17,18). The molecule has 5 heteroatoms. The minimum Gasteiger partial charge on any atom is -0.481 e. The first kappa shape index (κ1) is 17.9. The van der Waals surface area contributed by atoms with E-state index in [-0.39, 0.29) is 12.3 Å². The largest absolute Gasteiger partial charge is 0.481 e. The van der Waals surface area contributed by atoms with Crippen molar-refractivity contribution in [3.8, 4) is 0 Å². The van der Waals surface area contributed by atoms with Crippen LogP contribution in [0.5, 0.6) is 0 Å². The lowest BCUT2D eigenvalue weighted by Gasteiger charge is -2.39. The normalized spacial score (nSPS) is 13.2. The number of rotatable bonds is 7. The number of hydrogen-bond acceptors (Lipinski definition) is 3. The lowest BCUT2D eigenvalue weighted by Crippen LogP contribution is -2.58. The van der Waals surface area contributed by atoms with Crippen molar-refractivity contribution in [1.82, 2.24) is 5.32 Å². The number of carbonyl (C=O) groups is 2. The van der Waals surface area contributed by atoms with E-state index in [1.807, 2.05) is 0 Å². The number of carbonyl (C=O) groups excluding carboxylic acids is 1. The Morgan fingerprint density at radius 2 is 1.47 bits per heavy atom. The summed E-state index contributed by atoms with van der Waals surface area (Å²) in [5.74, 6) is -1.30. The molecule has 0 spiro atoms. The number of carboxylic acids is 1. The quantitative estimate of drug-likeness (QED) is 0.661. The summed E-state index contributed by atoms with van der Waals surface area (Å²) >= 11 is 0. The molecule has 0 radical (unpaired) electrons. The average molecular weight is 273 g/mol. The molecule has 19 heavy (non-hydrogen) atoms. The van der Waals surface area contributed by atoms with E-state index in [4.69, 9.17) is 0 Å². The van der Waals surface area contributed by atoms with Gasteiger partial charge < -0.3 is 15.5 Å². The summed E-state index contributed by atoms with van der Waals surface area (Å²) in [5, 5.41) is 22.0. The zero-order chi connectivity index (χ0) is 15.5. The number of aliphatic carboxylic acids is 1. The van der Waals surface area contributed by atoms with Crippen LogP contribution in [0.1, 0.15) is 60.8 Å². The second kappa shape index (κ2) is 5.90. The molecule has 0 heterocycles. The van der Waals surface area contributed by atoms with E-state index in [9.17, 15) is 19.8 Å². The maximum atomic E-state index is 12.1. The molecule has 1 amide bonds. The van der Waals surface area contributed by atoms with Crippen LogP contribution < -0.4 is 5.32 Å². The van der Waals surface area contributed by atoms with Gasteiger partial charge in [-0.2, -0.15) is 0 Å². The van der Waals surface area contributed by atoms with Crippen LogP contribution in [0, 0.1) is 5.41 Å². The van der Waals surface area contributed by atoms with Gasteiger partial charge in [0.05, 0.1) is 16.6 Å².